The summed E-state index contributed by atoms with van der Waals surface area (Å²) in [4.78, 5) is 18.0. The minimum atomic E-state index is -0.900. The monoisotopic (exact) mass is 373 g/mol. The maximum atomic E-state index is 13.9. The van der Waals surface area contributed by atoms with Gasteiger partial charge in [-0.05, 0) is 18.2 Å². The standard InChI is InChI=1S/C20H21F2N3O2/c21-14-5-6-18(17(22)13-14)24-10-7-23(8-11-24)9-12-25-19(26)15-3-1-2-4-16(15)20(25)27/h1-6,13,19,26H,7-12H2. The van der Waals surface area contributed by atoms with Crippen molar-refractivity contribution in [2.24, 2.45) is 0 Å². The Hall–Kier alpha value is -2.51. The van der Waals surface area contributed by atoms with Crippen LogP contribution < -0.4 is 4.90 Å². The van der Waals surface area contributed by atoms with Crippen LogP contribution in [0.15, 0.2) is 42.5 Å². The Morgan fingerprint density at radius 3 is 2.44 bits per heavy atom. The van der Waals surface area contributed by atoms with Gasteiger partial charge in [0.1, 0.15) is 11.6 Å². The number of aliphatic hydroxyl groups excluding tert-OH is 1. The third-order valence-electron chi connectivity index (χ3n) is 5.31. The van der Waals surface area contributed by atoms with Crippen LogP contribution in [0.25, 0.3) is 0 Å². The topological polar surface area (TPSA) is 47.0 Å². The van der Waals surface area contributed by atoms with Gasteiger partial charge in [-0.25, -0.2) is 8.78 Å². The van der Waals surface area contributed by atoms with E-state index in [0.717, 1.165) is 6.07 Å². The number of aliphatic hydroxyl groups is 1. The van der Waals surface area contributed by atoms with Crippen LogP contribution in [0.4, 0.5) is 14.5 Å². The third-order valence-corrected chi connectivity index (χ3v) is 5.31. The fourth-order valence-electron chi connectivity index (χ4n) is 3.77. The number of benzene rings is 2. The fraction of sp³-hybridized carbons (Fsp3) is 0.350. The summed E-state index contributed by atoms with van der Waals surface area (Å²) in [6.07, 6.45) is -0.900. The van der Waals surface area contributed by atoms with Gasteiger partial charge in [-0.2, -0.15) is 0 Å². The van der Waals surface area contributed by atoms with Crippen LogP contribution in [0.3, 0.4) is 0 Å². The largest absolute Gasteiger partial charge is 0.369 e. The quantitative estimate of drug-likeness (QED) is 0.893. The lowest BCUT2D eigenvalue weighted by atomic mass is 10.1. The van der Waals surface area contributed by atoms with Crippen molar-refractivity contribution >= 4 is 11.6 Å². The van der Waals surface area contributed by atoms with Crippen molar-refractivity contribution < 1.29 is 18.7 Å². The number of piperazine rings is 1. The van der Waals surface area contributed by atoms with Crippen LogP contribution in [-0.4, -0.2) is 60.1 Å². The zero-order valence-electron chi connectivity index (χ0n) is 14.8. The summed E-state index contributed by atoms with van der Waals surface area (Å²) >= 11 is 0. The molecular formula is C20H21F2N3O2. The Bertz CT molecular complexity index is 853. The van der Waals surface area contributed by atoms with Crippen LogP contribution >= 0.6 is 0 Å². The Morgan fingerprint density at radius 2 is 1.74 bits per heavy atom. The number of rotatable bonds is 4. The zero-order valence-corrected chi connectivity index (χ0v) is 14.8. The molecule has 5 nitrogen and oxygen atoms in total. The first kappa shape index (κ1) is 17.9. The summed E-state index contributed by atoms with van der Waals surface area (Å²) in [5, 5.41) is 10.4. The number of hydrogen-bond acceptors (Lipinski definition) is 4. The molecule has 1 saturated heterocycles. The van der Waals surface area contributed by atoms with Gasteiger partial charge in [-0.15, -0.1) is 0 Å². The van der Waals surface area contributed by atoms with Gasteiger partial charge >= 0.3 is 0 Å². The molecule has 0 bridgehead atoms. The molecule has 1 amide bonds. The van der Waals surface area contributed by atoms with E-state index in [-0.39, 0.29) is 5.91 Å². The molecule has 4 rings (SSSR count). The van der Waals surface area contributed by atoms with Crippen LogP contribution in [0.5, 0.6) is 0 Å². The van der Waals surface area contributed by atoms with E-state index in [4.69, 9.17) is 0 Å². The highest BCUT2D eigenvalue weighted by Gasteiger charge is 2.35. The molecule has 0 aromatic heterocycles. The second-order valence-corrected chi connectivity index (χ2v) is 6.88. The van der Waals surface area contributed by atoms with Gasteiger partial charge < -0.3 is 14.9 Å². The SMILES string of the molecule is O=C1c2ccccc2C(O)N1CCN1CCN(c2ccc(F)cc2F)CC1. The molecule has 142 valence electrons. The number of carbonyl (C=O) groups is 1. The molecule has 1 unspecified atom stereocenters. The van der Waals surface area contributed by atoms with Crippen LogP contribution in [0.1, 0.15) is 22.1 Å². The second kappa shape index (κ2) is 7.25. The van der Waals surface area contributed by atoms with Crippen molar-refractivity contribution in [1.82, 2.24) is 9.80 Å². The molecule has 2 aromatic rings. The number of halogens is 2. The highest BCUT2D eigenvalue weighted by molar-refractivity contribution is 5.98. The molecule has 0 spiro atoms. The molecule has 1 atom stereocenters. The van der Waals surface area contributed by atoms with Crippen molar-refractivity contribution in [3.05, 3.63) is 65.2 Å². The molecule has 7 heteroatoms. The van der Waals surface area contributed by atoms with E-state index in [1.54, 1.807) is 18.2 Å². The maximum Gasteiger partial charge on any atom is 0.256 e. The molecule has 1 fully saturated rings. The van der Waals surface area contributed by atoms with Gasteiger partial charge in [0.05, 0.1) is 5.69 Å². The van der Waals surface area contributed by atoms with Crippen LogP contribution in [0, 0.1) is 11.6 Å². The number of carbonyl (C=O) groups excluding carboxylic acids is 1. The van der Waals surface area contributed by atoms with E-state index in [1.165, 1.54) is 17.0 Å². The normalized spacial score (nSPS) is 20.3. The smallest absolute Gasteiger partial charge is 0.256 e. The molecule has 0 saturated carbocycles. The van der Waals surface area contributed by atoms with E-state index in [1.807, 2.05) is 11.0 Å². The van der Waals surface area contributed by atoms with Crippen molar-refractivity contribution in [2.75, 3.05) is 44.2 Å². The highest BCUT2D eigenvalue weighted by Crippen LogP contribution is 2.31. The Kier molecular flexibility index (Phi) is 4.80. The first-order valence-corrected chi connectivity index (χ1v) is 9.05. The molecule has 2 heterocycles. The molecule has 0 radical (unpaired) electrons. The first-order valence-electron chi connectivity index (χ1n) is 9.05. The highest BCUT2D eigenvalue weighted by atomic mass is 19.1. The van der Waals surface area contributed by atoms with E-state index >= 15 is 0 Å². The molecule has 2 aromatic carbocycles. The number of fused-ring (bicyclic) bond motifs is 1. The number of nitrogens with zero attached hydrogens (tertiary/aromatic N) is 3. The third kappa shape index (κ3) is 3.40. The maximum absolute atomic E-state index is 13.9. The lowest BCUT2D eigenvalue weighted by Crippen LogP contribution is -2.49. The summed E-state index contributed by atoms with van der Waals surface area (Å²) in [5.74, 6) is -1.28. The molecule has 0 aliphatic carbocycles. The number of hydrogen-bond donors (Lipinski definition) is 1. The van der Waals surface area contributed by atoms with Gasteiger partial charge in [0.25, 0.3) is 5.91 Å². The lowest BCUT2D eigenvalue weighted by molar-refractivity contribution is 0.0134. The van der Waals surface area contributed by atoms with Crippen molar-refractivity contribution in [2.45, 2.75) is 6.23 Å². The predicted octanol–water partition coefficient (Wildman–Crippen LogP) is 2.23. The van der Waals surface area contributed by atoms with Crippen LogP contribution in [-0.2, 0) is 0 Å². The van der Waals surface area contributed by atoms with E-state index < -0.39 is 17.9 Å². The summed E-state index contributed by atoms with van der Waals surface area (Å²) in [7, 11) is 0. The Balaban J connectivity index is 1.32. The van der Waals surface area contributed by atoms with Gasteiger partial charge in [0.15, 0.2) is 6.23 Å². The van der Waals surface area contributed by atoms with Gasteiger partial charge in [-0.1, -0.05) is 18.2 Å². The Labute approximate surface area is 156 Å². The van der Waals surface area contributed by atoms with Gasteiger partial charge in [0.2, 0.25) is 0 Å². The van der Waals surface area contributed by atoms with E-state index in [0.29, 0.717) is 56.1 Å². The van der Waals surface area contributed by atoms with Gasteiger partial charge in [0, 0.05) is 56.5 Å². The molecular weight excluding hydrogens is 352 g/mol. The number of amides is 1. The first-order chi connectivity index (χ1) is 13.0. The molecule has 2 aliphatic heterocycles. The van der Waals surface area contributed by atoms with Crippen LogP contribution in [0.2, 0.25) is 0 Å². The summed E-state index contributed by atoms with van der Waals surface area (Å²) in [6.45, 7) is 3.73. The molecule has 27 heavy (non-hydrogen) atoms. The summed E-state index contributed by atoms with van der Waals surface area (Å²) in [6, 6.07) is 10.7. The molecule has 2 aliphatic rings. The summed E-state index contributed by atoms with van der Waals surface area (Å²) < 4.78 is 27.0. The average Bonchev–Trinajstić information content (AvgIpc) is 2.92. The van der Waals surface area contributed by atoms with Crippen molar-refractivity contribution in [3.63, 3.8) is 0 Å². The van der Waals surface area contributed by atoms with Gasteiger partial charge in [-0.3, -0.25) is 9.69 Å². The van der Waals surface area contributed by atoms with Crippen molar-refractivity contribution in [1.29, 1.82) is 0 Å². The zero-order chi connectivity index (χ0) is 19.0. The number of anilines is 1. The van der Waals surface area contributed by atoms with Crippen molar-refractivity contribution in [3.8, 4) is 0 Å². The van der Waals surface area contributed by atoms with E-state index in [2.05, 4.69) is 4.90 Å². The summed E-state index contributed by atoms with van der Waals surface area (Å²) in [5.41, 5.74) is 1.62. The predicted molar refractivity (Wildman–Crippen MR) is 97.4 cm³/mol. The lowest BCUT2D eigenvalue weighted by Gasteiger charge is -2.37. The fourth-order valence-corrected chi connectivity index (χ4v) is 3.77. The van der Waals surface area contributed by atoms with E-state index in [9.17, 15) is 18.7 Å². The Morgan fingerprint density at radius 1 is 1.00 bits per heavy atom. The minimum absolute atomic E-state index is 0.148. The average molecular weight is 373 g/mol. The molecule has 1 N–H and O–H groups in total. The minimum Gasteiger partial charge on any atom is -0.369 e. The second-order valence-electron chi connectivity index (χ2n) is 6.88.